The lowest BCUT2D eigenvalue weighted by Crippen LogP contribution is -2.74. The molecule has 0 aromatic heterocycles. The molecule has 0 aliphatic heterocycles. The van der Waals surface area contributed by atoms with Crippen molar-refractivity contribution in [2.75, 3.05) is 6.61 Å². The van der Waals surface area contributed by atoms with Crippen molar-refractivity contribution in [1.29, 1.82) is 0 Å². The number of hydrogen-bond acceptors (Lipinski definition) is 2. The summed E-state index contributed by atoms with van der Waals surface area (Å²) in [6.07, 6.45) is -3.46. The Labute approximate surface area is 120 Å². The van der Waals surface area contributed by atoms with E-state index in [4.69, 9.17) is 10.2 Å². The van der Waals surface area contributed by atoms with Gasteiger partial charge in [-0.3, -0.25) is 0 Å². The Morgan fingerprint density at radius 3 is 1.95 bits per heavy atom. The molecule has 118 valence electrons. The van der Waals surface area contributed by atoms with Crippen LogP contribution in [0.1, 0.15) is 40.0 Å². The molecule has 3 aliphatic rings. The highest BCUT2D eigenvalue weighted by atomic mass is 28.4. The minimum atomic E-state index is -4.06. The van der Waals surface area contributed by atoms with Crippen molar-refractivity contribution >= 4 is 8.32 Å². The molecule has 0 heterocycles. The van der Waals surface area contributed by atoms with Crippen LogP contribution in [0.2, 0.25) is 18.1 Å². The van der Waals surface area contributed by atoms with Crippen LogP contribution >= 0.6 is 0 Å². The summed E-state index contributed by atoms with van der Waals surface area (Å²) in [5, 5.41) is 0.0966. The SMILES string of the molecule is CC(C)(C)[Si](C)(C)OC[C@@H](N)C12CC(C(F)(F)F)(C1)C2. The van der Waals surface area contributed by atoms with Gasteiger partial charge in [0.25, 0.3) is 0 Å². The largest absolute Gasteiger partial charge is 0.415 e. The molecule has 2 nitrogen and oxygen atoms in total. The zero-order valence-electron chi connectivity index (χ0n) is 13.0. The monoisotopic (exact) mass is 309 g/mol. The predicted molar refractivity (Wildman–Crippen MR) is 75.9 cm³/mol. The standard InChI is InChI=1S/C14H26F3NOSi/c1-11(2,3)20(4,5)19-6-10(18)12-7-13(8-12,9-12)14(15,16)17/h10H,6-9,18H2,1-5H3/t10-,12?,13?/m1/s1. The zero-order valence-corrected chi connectivity index (χ0v) is 14.0. The molecule has 1 atom stereocenters. The molecule has 0 spiro atoms. The van der Waals surface area contributed by atoms with Gasteiger partial charge < -0.3 is 10.2 Å². The summed E-state index contributed by atoms with van der Waals surface area (Å²) in [6, 6.07) is -0.263. The fraction of sp³-hybridized carbons (Fsp3) is 1.00. The number of hydrogen-bond donors (Lipinski definition) is 1. The molecule has 3 fully saturated rings. The van der Waals surface area contributed by atoms with Gasteiger partial charge in [-0.1, -0.05) is 20.8 Å². The van der Waals surface area contributed by atoms with E-state index in [1.807, 2.05) is 0 Å². The maximum atomic E-state index is 12.8. The van der Waals surface area contributed by atoms with Crippen molar-refractivity contribution in [1.82, 2.24) is 0 Å². The summed E-state index contributed by atoms with van der Waals surface area (Å²) in [4.78, 5) is 0. The Kier molecular flexibility index (Phi) is 3.45. The lowest BCUT2D eigenvalue weighted by molar-refractivity contribution is -0.368. The van der Waals surface area contributed by atoms with Crippen LogP contribution in [0.3, 0.4) is 0 Å². The molecule has 0 amide bonds. The lowest BCUT2D eigenvalue weighted by atomic mass is 9.33. The minimum absolute atomic E-state index is 0.0966. The smallest absolute Gasteiger partial charge is 0.394 e. The molecule has 20 heavy (non-hydrogen) atoms. The third kappa shape index (κ3) is 2.24. The van der Waals surface area contributed by atoms with E-state index in [1.54, 1.807) is 0 Å². The fourth-order valence-electron chi connectivity index (χ4n) is 3.25. The molecule has 0 aromatic carbocycles. The van der Waals surface area contributed by atoms with E-state index in [-0.39, 0.29) is 35.8 Å². The van der Waals surface area contributed by atoms with E-state index in [0.29, 0.717) is 6.61 Å². The third-order valence-electron chi connectivity index (χ3n) is 5.89. The number of nitrogens with two attached hydrogens (primary N) is 1. The lowest BCUT2D eigenvalue weighted by Gasteiger charge is -2.72. The first kappa shape index (κ1) is 16.3. The van der Waals surface area contributed by atoms with Gasteiger partial charge in [-0.25, -0.2) is 0 Å². The highest BCUT2D eigenvalue weighted by Gasteiger charge is 2.79. The van der Waals surface area contributed by atoms with Gasteiger partial charge in [0, 0.05) is 12.6 Å². The molecule has 3 rings (SSSR count). The predicted octanol–water partition coefficient (Wildman–Crippen LogP) is 4.07. The topological polar surface area (TPSA) is 35.2 Å². The van der Waals surface area contributed by atoms with Gasteiger partial charge in [0.1, 0.15) is 0 Å². The molecule has 3 aliphatic carbocycles. The summed E-state index contributed by atoms with van der Waals surface area (Å²) < 4.78 is 44.5. The Morgan fingerprint density at radius 1 is 1.15 bits per heavy atom. The number of alkyl halides is 3. The van der Waals surface area contributed by atoms with Crippen LogP contribution in [0, 0.1) is 10.8 Å². The number of rotatable bonds is 4. The van der Waals surface area contributed by atoms with Crippen molar-refractivity contribution in [2.24, 2.45) is 16.6 Å². The Balaban J connectivity index is 1.87. The van der Waals surface area contributed by atoms with Crippen LogP contribution in [0.4, 0.5) is 13.2 Å². The van der Waals surface area contributed by atoms with Crippen LogP contribution in [-0.2, 0) is 4.43 Å². The van der Waals surface area contributed by atoms with Crippen LogP contribution in [0.25, 0.3) is 0 Å². The van der Waals surface area contributed by atoms with Crippen molar-refractivity contribution in [3.63, 3.8) is 0 Å². The quantitative estimate of drug-likeness (QED) is 0.795. The molecular formula is C14H26F3NOSi. The van der Waals surface area contributed by atoms with E-state index in [9.17, 15) is 13.2 Å². The maximum absolute atomic E-state index is 12.8. The Bertz CT molecular complexity index is 380. The second-order valence-corrected chi connectivity index (χ2v) is 13.2. The highest BCUT2D eigenvalue weighted by molar-refractivity contribution is 6.74. The van der Waals surface area contributed by atoms with E-state index >= 15 is 0 Å². The van der Waals surface area contributed by atoms with Crippen LogP contribution < -0.4 is 5.73 Å². The van der Waals surface area contributed by atoms with Crippen molar-refractivity contribution in [3.05, 3.63) is 0 Å². The third-order valence-corrected chi connectivity index (χ3v) is 10.4. The normalized spacial score (nSPS) is 35.2. The fourth-order valence-corrected chi connectivity index (χ4v) is 4.28. The molecule has 0 unspecified atom stereocenters. The van der Waals surface area contributed by atoms with Crippen molar-refractivity contribution in [2.45, 2.75) is 70.4 Å². The van der Waals surface area contributed by atoms with Gasteiger partial charge in [0.2, 0.25) is 0 Å². The first-order chi connectivity index (χ1) is 8.75. The minimum Gasteiger partial charge on any atom is -0.415 e. The van der Waals surface area contributed by atoms with E-state index in [2.05, 4.69) is 33.9 Å². The van der Waals surface area contributed by atoms with Gasteiger partial charge in [0.15, 0.2) is 8.32 Å². The second kappa shape index (κ2) is 4.23. The van der Waals surface area contributed by atoms with Gasteiger partial charge >= 0.3 is 6.18 Å². The molecule has 0 saturated heterocycles. The van der Waals surface area contributed by atoms with E-state index < -0.39 is 19.9 Å². The molecular weight excluding hydrogens is 283 g/mol. The average Bonchev–Trinajstić information content (AvgIpc) is 2.05. The first-order valence-corrected chi connectivity index (χ1v) is 10.1. The molecule has 3 saturated carbocycles. The average molecular weight is 309 g/mol. The van der Waals surface area contributed by atoms with Crippen LogP contribution in [0.15, 0.2) is 0 Å². The van der Waals surface area contributed by atoms with Crippen molar-refractivity contribution < 1.29 is 17.6 Å². The number of halogens is 3. The molecule has 6 heteroatoms. The second-order valence-electron chi connectivity index (χ2n) is 8.35. The molecule has 2 bridgehead atoms. The Morgan fingerprint density at radius 2 is 1.60 bits per heavy atom. The van der Waals surface area contributed by atoms with Gasteiger partial charge in [-0.15, -0.1) is 0 Å². The zero-order chi connectivity index (χ0) is 15.6. The summed E-state index contributed by atoms with van der Waals surface area (Å²) in [6.45, 7) is 11.1. The van der Waals surface area contributed by atoms with Gasteiger partial charge in [-0.05, 0) is 42.8 Å². The van der Waals surface area contributed by atoms with Gasteiger partial charge in [-0.2, -0.15) is 13.2 Å². The van der Waals surface area contributed by atoms with Gasteiger partial charge in [0.05, 0.1) is 5.41 Å². The van der Waals surface area contributed by atoms with Crippen LogP contribution in [-0.4, -0.2) is 27.1 Å². The summed E-state index contributed by atoms with van der Waals surface area (Å²) in [5.74, 6) is 0. The van der Waals surface area contributed by atoms with E-state index in [1.165, 1.54) is 0 Å². The van der Waals surface area contributed by atoms with Crippen molar-refractivity contribution in [3.8, 4) is 0 Å². The van der Waals surface area contributed by atoms with E-state index in [0.717, 1.165) is 0 Å². The molecule has 0 radical (unpaired) electrons. The molecule has 2 N–H and O–H groups in total. The summed E-state index contributed by atoms with van der Waals surface area (Å²) in [5.41, 5.74) is 4.41. The molecule has 0 aromatic rings. The maximum Gasteiger partial charge on any atom is 0.394 e. The summed E-state index contributed by atoms with van der Waals surface area (Å²) >= 11 is 0. The first-order valence-electron chi connectivity index (χ1n) is 7.21. The highest BCUT2D eigenvalue weighted by Crippen LogP contribution is 2.79. The van der Waals surface area contributed by atoms with Crippen LogP contribution in [0.5, 0.6) is 0 Å². The Hall–Kier alpha value is -0.0731. The summed E-state index contributed by atoms with van der Waals surface area (Å²) in [7, 11) is -1.88.